The zero-order chi connectivity index (χ0) is 10.2. The summed E-state index contributed by atoms with van der Waals surface area (Å²) >= 11 is 5.98. The van der Waals surface area contributed by atoms with Crippen molar-refractivity contribution < 1.29 is 0 Å². The van der Waals surface area contributed by atoms with Crippen LogP contribution < -0.4 is 0 Å². The third-order valence-electron chi connectivity index (χ3n) is 3.55. The molecule has 0 aliphatic heterocycles. The summed E-state index contributed by atoms with van der Waals surface area (Å²) in [6.45, 7) is 5.20. The van der Waals surface area contributed by atoms with Crippen LogP contribution in [-0.4, -0.2) is 14.8 Å². The molecule has 0 spiro atoms. The number of hydrogen-bond donors (Lipinski definition) is 0. The monoisotopic (exact) mass is 213 g/mol. The predicted octanol–water partition coefficient (Wildman–Crippen LogP) is 2.82. The Morgan fingerprint density at radius 3 is 2.50 bits per heavy atom. The molecule has 0 unspecified atom stereocenters. The van der Waals surface area contributed by atoms with E-state index in [2.05, 4.69) is 17.1 Å². The quantitative estimate of drug-likeness (QED) is 0.773. The number of hydrogen-bond acceptors (Lipinski definition) is 2. The van der Waals surface area contributed by atoms with Crippen molar-refractivity contribution in [2.45, 2.75) is 46.1 Å². The molecule has 1 saturated carbocycles. The maximum Gasteiger partial charge on any atom is 0.225 e. The van der Waals surface area contributed by atoms with Gasteiger partial charge >= 0.3 is 0 Å². The molecule has 1 fully saturated rings. The molecular formula is C10H16ClN3. The molecule has 1 aliphatic rings. The van der Waals surface area contributed by atoms with E-state index in [1.807, 2.05) is 11.5 Å². The van der Waals surface area contributed by atoms with Gasteiger partial charge in [0, 0.05) is 6.54 Å². The van der Waals surface area contributed by atoms with Crippen molar-refractivity contribution in [3.05, 3.63) is 11.1 Å². The fourth-order valence-electron chi connectivity index (χ4n) is 2.17. The molecule has 3 nitrogen and oxygen atoms in total. The van der Waals surface area contributed by atoms with Gasteiger partial charge in [0.15, 0.2) is 0 Å². The average Bonchev–Trinajstić information content (AvgIpc) is 2.41. The molecule has 78 valence electrons. The van der Waals surface area contributed by atoms with E-state index in [4.69, 9.17) is 11.6 Å². The Morgan fingerprint density at radius 2 is 2.14 bits per heavy atom. The highest BCUT2D eigenvalue weighted by Gasteiger charge is 2.36. The topological polar surface area (TPSA) is 30.7 Å². The van der Waals surface area contributed by atoms with Crippen LogP contribution >= 0.6 is 11.6 Å². The number of aromatic nitrogens is 3. The second-order valence-corrected chi connectivity index (χ2v) is 4.65. The fraction of sp³-hybridized carbons (Fsp3) is 0.800. The van der Waals surface area contributed by atoms with E-state index in [0.29, 0.717) is 10.7 Å². The Hall–Kier alpha value is -0.570. The van der Waals surface area contributed by atoms with Crippen LogP contribution in [0.2, 0.25) is 5.28 Å². The standard InChI is InChI=1S/C10H16ClN3/c1-3-10(5-4-6-10)7-14-8(2)12-13-9(14)11/h3-7H2,1-2H3. The van der Waals surface area contributed by atoms with Crippen LogP contribution in [0.25, 0.3) is 0 Å². The smallest absolute Gasteiger partial charge is 0.225 e. The first-order chi connectivity index (χ1) is 6.67. The minimum Gasteiger partial charge on any atom is -0.301 e. The first kappa shape index (κ1) is 9.97. The van der Waals surface area contributed by atoms with Crippen LogP contribution in [0.4, 0.5) is 0 Å². The fourth-order valence-corrected chi connectivity index (χ4v) is 2.39. The molecule has 4 heteroatoms. The van der Waals surface area contributed by atoms with Crippen molar-refractivity contribution in [3.63, 3.8) is 0 Å². The molecule has 0 amide bonds. The molecule has 1 aliphatic carbocycles. The van der Waals surface area contributed by atoms with Crippen molar-refractivity contribution >= 4 is 11.6 Å². The summed E-state index contributed by atoms with van der Waals surface area (Å²) in [6.07, 6.45) is 5.21. The molecule has 0 radical (unpaired) electrons. The molecule has 0 bridgehead atoms. The van der Waals surface area contributed by atoms with E-state index in [-0.39, 0.29) is 0 Å². The van der Waals surface area contributed by atoms with Gasteiger partial charge in [-0.3, -0.25) is 0 Å². The highest BCUT2D eigenvalue weighted by Crippen LogP contribution is 2.45. The predicted molar refractivity (Wildman–Crippen MR) is 56.3 cm³/mol. The lowest BCUT2D eigenvalue weighted by Gasteiger charge is -2.41. The van der Waals surface area contributed by atoms with Gasteiger partial charge in [0.2, 0.25) is 5.28 Å². The second kappa shape index (κ2) is 3.54. The molecule has 1 aromatic heterocycles. The molecule has 0 saturated heterocycles. The van der Waals surface area contributed by atoms with E-state index in [9.17, 15) is 0 Å². The van der Waals surface area contributed by atoms with Crippen LogP contribution in [0, 0.1) is 12.3 Å². The summed E-state index contributed by atoms with van der Waals surface area (Å²) in [5, 5.41) is 8.38. The summed E-state index contributed by atoms with van der Waals surface area (Å²) in [7, 11) is 0. The number of aryl methyl sites for hydroxylation is 1. The molecule has 1 heterocycles. The van der Waals surface area contributed by atoms with E-state index in [0.717, 1.165) is 12.4 Å². The Bertz CT molecular complexity index is 303. The molecular weight excluding hydrogens is 198 g/mol. The van der Waals surface area contributed by atoms with Gasteiger partial charge in [0.1, 0.15) is 5.82 Å². The maximum absolute atomic E-state index is 5.98. The number of halogens is 1. The highest BCUT2D eigenvalue weighted by molar-refractivity contribution is 6.28. The van der Waals surface area contributed by atoms with Crippen molar-refractivity contribution in [3.8, 4) is 0 Å². The maximum atomic E-state index is 5.98. The van der Waals surface area contributed by atoms with Crippen molar-refractivity contribution in [2.75, 3.05) is 0 Å². The zero-order valence-corrected chi connectivity index (χ0v) is 9.51. The van der Waals surface area contributed by atoms with Gasteiger partial charge in [-0.25, -0.2) is 0 Å². The van der Waals surface area contributed by atoms with Crippen molar-refractivity contribution in [1.82, 2.24) is 14.8 Å². The highest BCUT2D eigenvalue weighted by atomic mass is 35.5. The van der Waals surface area contributed by atoms with Gasteiger partial charge in [0.25, 0.3) is 0 Å². The minimum atomic E-state index is 0.469. The van der Waals surface area contributed by atoms with Crippen LogP contribution in [0.15, 0.2) is 0 Å². The normalized spacial score (nSPS) is 19.4. The molecule has 0 N–H and O–H groups in total. The van der Waals surface area contributed by atoms with Gasteiger partial charge in [0.05, 0.1) is 0 Å². The molecule has 1 aromatic rings. The Kier molecular flexibility index (Phi) is 2.52. The van der Waals surface area contributed by atoms with Gasteiger partial charge in [-0.2, -0.15) is 0 Å². The van der Waals surface area contributed by atoms with Gasteiger partial charge in [-0.15, -0.1) is 10.2 Å². The van der Waals surface area contributed by atoms with Crippen LogP contribution in [0.5, 0.6) is 0 Å². The first-order valence-electron chi connectivity index (χ1n) is 5.22. The Morgan fingerprint density at radius 1 is 1.43 bits per heavy atom. The SMILES string of the molecule is CCC1(Cn2c(C)nnc2Cl)CCC1. The second-order valence-electron chi connectivity index (χ2n) is 4.31. The first-order valence-corrected chi connectivity index (χ1v) is 5.60. The summed E-state index contributed by atoms with van der Waals surface area (Å²) in [6, 6.07) is 0. The molecule has 0 atom stereocenters. The molecule has 0 aromatic carbocycles. The van der Waals surface area contributed by atoms with E-state index in [1.165, 1.54) is 25.7 Å². The summed E-state index contributed by atoms with van der Waals surface area (Å²) in [5.74, 6) is 0.926. The van der Waals surface area contributed by atoms with Gasteiger partial charge < -0.3 is 4.57 Å². The molecule has 2 rings (SSSR count). The number of rotatable bonds is 3. The van der Waals surface area contributed by atoms with Crippen molar-refractivity contribution in [2.24, 2.45) is 5.41 Å². The largest absolute Gasteiger partial charge is 0.301 e. The van der Waals surface area contributed by atoms with Crippen LogP contribution in [-0.2, 0) is 6.54 Å². The third kappa shape index (κ3) is 1.54. The van der Waals surface area contributed by atoms with E-state index in [1.54, 1.807) is 0 Å². The van der Waals surface area contributed by atoms with E-state index >= 15 is 0 Å². The lowest BCUT2D eigenvalue weighted by molar-refractivity contribution is 0.0994. The molecule has 14 heavy (non-hydrogen) atoms. The summed E-state index contributed by atoms with van der Waals surface area (Å²) in [4.78, 5) is 0. The Labute approximate surface area is 89.5 Å². The lowest BCUT2D eigenvalue weighted by atomic mass is 9.67. The van der Waals surface area contributed by atoms with Gasteiger partial charge in [-0.1, -0.05) is 13.3 Å². The number of nitrogens with zero attached hydrogens (tertiary/aromatic N) is 3. The minimum absolute atomic E-state index is 0.469. The van der Waals surface area contributed by atoms with Crippen LogP contribution in [0.3, 0.4) is 0 Å². The lowest BCUT2D eigenvalue weighted by Crippen LogP contribution is -2.33. The van der Waals surface area contributed by atoms with Gasteiger partial charge in [-0.05, 0) is 43.2 Å². The van der Waals surface area contributed by atoms with E-state index < -0.39 is 0 Å². The zero-order valence-electron chi connectivity index (χ0n) is 8.76. The van der Waals surface area contributed by atoms with Crippen molar-refractivity contribution in [1.29, 1.82) is 0 Å². The van der Waals surface area contributed by atoms with Crippen LogP contribution in [0.1, 0.15) is 38.4 Å². The summed E-state index contributed by atoms with van der Waals surface area (Å²) in [5.41, 5.74) is 0.469. The average molecular weight is 214 g/mol. The third-order valence-corrected chi connectivity index (χ3v) is 3.83. The Balaban J connectivity index is 2.17. The summed E-state index contributed by atoms with van der Waals surface area (Å²) < 4.78 is 2.03.